The number of rotatable bonds is 13. The Morgan fingerprint density at radius 1 is 0.500 bits per heavy atom. The van der Waals surface area contributed by atoms with E-state index in [1.54, 1.807) is 4.90 Å². The van der Waals surface area contributed by atoms with Crippen LogP contribution in [0.25, 0.3) is 0 Å². The molecule has 3 heterocycles. The summed E-state index contributed by atoms with van der Waals surface area (Å²) in [4.78, 5) is 41.4. The van der Waals surface area contributed by atoms with Gasteiger partial charge in [-0.1, -0.05) is 13.8 Å². The molecule has 0 spiro atoms. The zero-order valence-electron chi connectivity index (χ0n) is 33.8. The van der Waals surface area contributed by atoms with E-state index in [2.05, 4.69) is 0 Å². The highest BCUT2D eigenvalue weighted by atomic mass is 16.6. The van der Waals surface area contributed by atoms with E-state index in [4.69, 9.17) is 28.4 Å². The van der Waals surface area contributed by atoms with Crippen molar-refractivity contribution in [3.8, 4) is 0 Å². The van der Waals surface area contributed by atoms with E-state index in [9.17, 15) is 14.4 Å². The molecule has 294 valence electrons. The summed E-state index contributed by atoms with van der Waals surface area (Å²) < 4.78 is 32.6. The SMILES string of the molecule is CCOCC1CCCN1C(=O)OC(C)(C)C.CCOC[C@@H]1CCCN1C(=O)OC(C)(C)CC.CCOC[C@@H]1CCCN1C(=O)OC(C)(C)CC. The van der Waals surface area contributed by atoms with Crippen molar-refractivity contribution < 1.29 is 42.8 Å². The zero-order valence-corrected chi connectivity index (χ0v) is 33.8. The summed E-state index contributed by atoms with van der Waals surface area (Å²) in [6.07, 6.45) is 7.21. The van der Waals surface area contributed by atoms with Gasteiger partial charge in [0.25, 0.3) is 0 Å². The van der Waals surface area contributed by atoms with E-state index in [-0.39, 0.29) is 47.6 Å². The van der Waals surface area contributed by atoms with Crippen molar-refractivity contribution in [1.29, 1.82) is 0 Å². The van der Waals surface area contributed by atoms with E-state index >= 15 is 0 Å². The largest absolute Gasteiger partial charge is 0.444 e. The summed E-state index contributed by atoms with van der Waals surface area (Å²) in [5.74, 6) is 0. The molecule has 0 N–H and O–H groups in total. The molecule has 0 aromatic carbocycles. The van der Waals surface area contributed by atoms with E-state index in [0.29, 0.717) is 39.6 Å². The van der Waals surface area contributed by atoms with Gasteiger partial charge in [0.05, 0.1) is 37.9 Å². The molecule has 0 saturated carbocycles. The van der Waals surface area contributed by atoms with Gasteiger partial charge in [-0.15, -0.1) is 0 Å². The van der Waals surface area contributed by atoms with Crippen LogP contribution in [0.2, 0.25) is 0 Å². The van der Waals surface area contributed by atoms with Gasteiger partial charge in [-0.2, -0.15) is 0 Å². The second kappa shape index (κ2) is 22.6. The number of carbonyl (C=O) groups excluding carboxylic acids is 3. The number of ether oxygens (including phenoxy) is 6. The van der Waals surface area contributed by atoms with E-state index in [1.165, 1.54) is 0 Å². The normalized spacial score (nSPS) is 20.9. The minimum Gasteiger partial charge on any atom is -0.444 e. The average molecular weight is 716 g/mol. The van der Waals surface area contributed by atoms with Crippen molar-refractivity contribution in [1.82, 2.24) is 14.7 Å². The fraction of sp³-hybridized carbons (Fsp3) is 0.921. The van der Waals surface area contributed by atoms with Crippen LogP contribution < -0.4 is 0 Å². The third kappa shape index (κ3) is 17.3. The second-order valence-corrected chi connectivity index (χ2v) is 15.4. The monoisotopic (exact) mass is 716 g/mol. The lowest BCUT2D eigenvalue weighted by Crippen LogP contribution is -2.42. The van der Waals surface area contributed by atoms with Gasteiger partial charge in [0.2, 0.25) is 0 Å². The first-order valence-electron chi connectivity index (χ1n) is 19.2. The summed E-state index contributed by atoms with van der Waals surface area (Å²) in [5, 5.41) is 0. The quantitative estimate of drug-likeness (QED) is 0.175. The lowest BCUT2D eigenvalue weighted by atomic mass is 10.1. The Hall–Kier alpha value is -2.31. The molecule has 0 bridgehead atoms. The third-order valence-electron chi connectivity index (χ3n) is 9.20. The molecule has 3 aliphatic heterocycles. The van der Waals surface area contributed by atoms with E-state index in [1.807, 2.05) is 92.9 Å². The first kappa shape index (κ1) is 45.7. The molecule has 3 fully saturated rings. The number of hydrogen-bond acceptors (Lipinski definition) is 9. The van der Waals surface area contributed by atoms with E-state index in [0.717, 1.165) is 71.0 Å². The minimum atomic E-state index is -0.421. The molecule has 12 nitrogen and oxygen atoms in total. The van der Waals surface area contributed by atoms with Crippen LogP contribution in [0.1, 0.15) is 134 Å². The molecule has 3 atom stereocenters. The fourth-order valence-corrected chi connectivity index (χ4v) is 5.56. The van der Waals surface area contributed by atoms with Crippen molar-refractivity contribution >= 4 is 18.3 Å². The molecule has 0 radical (unpaired) electrons. The van der Waals surface area contributed by atoms with Gasteiger partial charge in [0.1, 0.15) is 16.8 Å². The lowest BCUT2D eigenvalue weighted by Gasteiger charge is -2.30. The Labute approximate surface area is 304 Å². The highest BCUT2D eigenvalue weighted by Gasteiger charge is 2.35. The maximum atomic E-state index is 12.0. The van der Waals surface area contributed by atoms with Crippen molar-refractivity contribution in [2.75, 3.05) is 59.3 Å². The van der Waals surface area contributed by atoms with Crippen LogP contribution in [-0.4, -0.2) is 127 Å². The lowest BCUT2D eigenvalue weighted by molar-refractivity contribution is -0.000128. The van der Waals surface area contributed by atoms with Crippen LogP contribution in [0, 0.1) is 0 Å². The molecule has 3 amide bonds. The van der Waals surface area contributed by atoms with Crippen molar-refractivity contribution in [2.24, 2.45) is 0 Å². The first-order valence-corrected chi connectivity index (χ1v) is 19.2. The highest BCUT2D eigenvalue weighted by Crippen LogP contribution is 2.24. The van der Waals surface area contributed by atoms with Crippen LogP contribution in [-0.2, 0) is 28.4 Å². The zero-order chi connectivity index (χ0) is 38.0. The second-order valence-electron chi connectivity index (χ2n) is 15.4. The molecule has 0 aromatic rings. The van der Waals surface area contributed by atoms with Gasteiger partial charge in [0.15, 0.2) is 0 Å². The Morgan fingerprint density at radius 2 is 0.780 bits per heavy atom. The van der Waals surface area contributed by atoms with Crippen molar-refractivity contribution in [3.63, 3.8) is 0 Å². The Balaban J connectivity index is 0.000000375. The molecular formula is C38H73N3O9. The average Bonchev–Trinajstić information content (AvgIpc) is 3.82. The summed E-state index contributed by atoms with van der Waals surface area (Å²) >= 11 is 0. The molecule has 50 heavy (non-hydrogen) atoms. The maximum Gasteiger partial charge on any atom is 0.410 e. The van der Waals surface area contributed by atoms with Crippen molar-refractivity contribution in [3.05, 3.63) is 0 Å². The van der Waals surface area contributed by atoms with Gasteiger partial charge in [-0.05, 0) is 121 Å². The molecule has 1 unspecified atom stereocenters. The van der Waals surface area contributed by atoms with Crippen LogP contribution in [0.5, 0.6) is 0 Å². The van der Waals surface area contributed by atoms with Crippen LogP contribution >= 0.6 is 0 Å². The van der Waals surface area contributed by atoms with Crippen LogP contribution in [0.4, 0.5) is 14.4 Å². The molecule has 3 saturated heterocycles. The van der Waals surface area contributed by atoms with Crippen molar-refractivity contribution in [2.45, 2.75) is 169 Å². The predicted molar refractivity (Wildman–Crippen MR) is 197 cm³/mol. The van der Waals surface area contributed by atoms with Gasteiger partial charge >= 0.3 is 18.3 Å². The standard InChI is InChI=1S/2C13H25NO3.C12H23NO3/c2*1-5-13(3,4)17-12(15)14-9-7-8-11(14)10-16-6-2;1-5-15-9-10-7-6-8-13(10)11(14)16-12(2,3)4/h2*11H,5-10H2,1-4H3;10H,5-9H2,1-4H3/t2*11-;/m00./s1. The molecular weight excluding hydrogens is 642 g/mol. The molecule has 3 aliphatic rings. The Bertz CT molecular complexity index is 933. The van der Waals surface area contributed by atoms with Gasteiger partial charge in [-0.3, -0.25) is 0 Å². The Kier molecular flexibility index (Phi) is 20.6. The smallest absolute Gasteiger partial charge is 0.410 e. The van der Waals surface area contributed by atoms with Crippen LogP contribution in [0.15, 0.2) is 0 Å². The summed E-state index contributed by atoms with van der Waals surface area (Å²) in [7, 11) is 0. The fourth-order valence-electron chi connectivity index (χ4n) is 5.56. The summed E-state index contributed by atoms with van der Waals surface area (Å²) in [6, 6.07) is 0.569. The van der Waals surface area contributed by atoms with Gasteiger partial charge in [0, 0.05) is 39.5 Å². The minimum absolute atomic E-state index is 0.190. The molecule has 0 aliphatic carbocycles. The number of likely N-dealkylation sites (tertiary alicyclic amines) is 3. The number of hydrogen-bond donors (Lipinski definition) is 0. The number of carbonyl (C=O) groups is 3. The number of nitrogens with zero attached hydrogens (tertiary/aromatic N) is 3. The number of amides is 3. The molecule has 0 aromatic heterocycles. The molecule has 3 rings (SSSR count). The van der Waals surface area contributed by atoms with Gasteiger partial charge < -0.3 is 43.1 Å². The Morgan fingerprint density at radius 3 is 1.02 bits per heavy atom. The summed E-state index contributed by atoms with van der Waals surface area (Å²) in [5.41, 5.74) is -1.18. The molecule has 12 heteroatoms. The van der Waals surface area contributed by atoms with E-state index < -0.39 is 5.60 Å². The highest BCUT2D eigenvalue weighted by molar-refractivity contribution is 5.70. The van der Waals surface area contributed by atoms with Crippen LogP contribution in [0.3, 0.4) is 0 Å². The van der Waals surface area contributed by atoms with Gasteiger partial charge in [-0.25, -0.2) is 14.4 Å². The topological polar surface area (TPSA) is 116 Å². The third-order valence-corrected chi connectivity index (χ3v) is 9.20. The summed E-state index contributed by atoms with van der Waals surface area (Å²) in [6.45, 7) is 29.7. The first-order chi connectivity index (χ1) is 23.4. The maximum absolute atomic E-state index is 12.0. The predicted octanol–water partition coefficient (Wildman–Crippen LogP) is 8.05.